The molecule has 1 heterocycles. The van der Waals surface area contributed by atoms with Crippen LogP contribution in [0.4, 0.5) is 13.2 Å². The summed E-state index contributed by atoms with van der Waals surface area (Å²) >= 11 is 6.12. The van der Waals surface area contributed by atoms with E-state index in [1.165, 1.54) is 19.2 Å². The maximum atomic E-state index is 13.3. The fourth-order valence-electron chi connectivity index (χ4n) is 3.11. The molecule has 9 heteroatoms. The molecule has 2 aromatic carbocycles. The first-order valence-corrected chi connectivity index (χ1v) is 8.92. The Morgan fingerprint density at radius 1 is 1.17 bits per heavy atom. The lowest BCUT2D eigenvalue weighted by Crippen LogP contribution is -2.17. The monoisotopic (exact) mass is 427 g/mol. The maximum Gasteiger partial charge on any atom is 0.416 e. The van der Waals surface area contributed by atoms with Crippen molar-refractivity contribution in [2.75, 3.05) is 20.5 Å². The van der Waals surface area contributed by atoms with Crippen molar-refractivity contribution in [3.05, 3.63) is 62.9 Å². The smallest absolute Gasteiger partial charge is 0.416 e. The number of ether oxygens (including phenoxy) is 2. The molecular weight excluding hydrogens is 411 g/mol. The number of nitrogens with one attached hydrogen (secondary N) is 1. The standard InChI is InChI=1S/C20H17ClF3NO4/c1-28-10-29-17-5-3-12(21)9-15(17)18-13(6-7-26)19(27)25-16-4-2-11(8-14(16)18)20(22,23)24/h2-5,8-9,26H,6-7,10H2,1H3,(H,25,27). The summed E-state index contributed by atoms with van der Waals surface area (Å²) in [6, 6.07) is 7.66. The summed E-state index contributed by atoms with van der Waals surface area (Å²) in [7, 11) is 1.42. The average Bonchev–Trinajstić information content (AvgIpc) is 2.66. The van der Waals surface area contributed by atoms with Gasteiger partial charge in [0.1, 0.15) is 5.75 Å². The number of aliphatic hydroxyl groups is 1. The van der Waals surface area contributed by atoms with E-state index in [1.807, 2.05) is 0 Å². The number of alkyl halides is 3. The molecule has 0 aliphatic heterocycles. The van der Waals surface area contributed by atoms with Crippen LogP contribution in [-0.4, -0.2) is 30.6 Å². The normalized spacial score (nSPS) is 11.8. The number of benzene rings is 2. The number of aromatic amines is 1. The SMILES string of the molecule is COCOc1ccc(Cl)cc1-c1c(CCO)c(=O)[nH]c2ccc(C(F)(F)F)cc12. The van der Waals surface area contributed by atoms with Crippen LogP contribution in [0.15, 0.2) is 41.2 Å². The Labute approximate surface area is 168 Å². The summed E-state index contributed by atoms with van der Waals surface area (Å²) in [6.07, 6.45) is -4.63. The number of fused-ring (bicyclic) bond motifs is 1. The molecule has 5 nitrogen and oxygen atoms in total. The minimum Gasteiger partial charge on any atom is -0.467 e. The van der Waals surface area contributed by atoms with Crippen molar-refractivity contribution in [2.45, 2.75) is 12.6 Å². The van der Waals surface area contributed by atoms with Crippen molar-refractivity contribution < 1.29 is 27.8 Å². The van der Waals surface area contributed by atoms with Gasteiger partial charge in [-0.05, 0) is 36.4 Å². The van der Waals surface area contributed by atoms with Gasteiger partial charge in [-0.25, -0.2) is 0 Å². The number of rotatable bonds is 6. The fraction of sp³-hybridized carbons (Fsp3) is 0.250. The van der Waals surface area contributed by atoms with Gasteiger partial charge in [0.15, 0.2) is 6.79 Å². The lowest BCUT2D eigenvalue weighted by atomic mass is 9.93. The molecule has 154 valence electrons. The number of hydrogen-bond donors (Lipinski definition) is 2. The molecule has 0 radical (unpaired) electrons. The molecule has 1 aromatic heterocycles. The lowest BCUT2D eigenvalue weighted by molar-refractivity contribution is -0.137. The molecule has 0 bridgehead atoms. The second kappa shape index (κ2) is 8.44. The molecule has 0 aliphatic rings. The molecule has 0 aliphatic carbocycles. The summed E-state index contributed by atoms with van der Waals surface area (Å²) in [5.41, 5.74) is -0.485. The minimum absolute atomic E-state index is 0.0624. The van der Waals surface area contributed by atoms with Gasteiger partial charge in [0.05, 0.1) is 5.56 Å². The van der Waals surface area contributed by atoms with Gasteiger partial charge in [0.2, 0.25) is 0 Å². The highest BCUT2D eigenvalue weighted by molar-refractivity contribution is 6.31. The van der Waals surface area contributed by atoms with Crippen LogP contribution in [0, 0.1) is 0 Å². The fourth-order valence-corrected chi connectivity index (χ4v) is 3.29. The van der Waals surface area contributed by atoms with Crippen LogP contribution in [0.5, 0.6) is 5.75 Å². The van der Waals surface area contributed by atoms with Gasteiger partial charge < -0.3 is 19.6 Å². The van der Waals surface area contributed by atoms with Gasteiger partial charge in [0.25, 0.3) is 5.56 Å². The van der Waals surface area contributed by atoms with E-state index in [9.17, 15) is 23.1 Å². The van der Waals surface area contributed by atoms with Gasteiger partial charge in [-0.1, -0.05) is 11.6 Å². The Hall–Kier alpha value is -2.55. The van der Waals surface area contributed by atoms with E-state index in [1.54, 1.807) is 12.1 Å². The van der Waals surface area contributed by atoms with Crippen LogP contribution < -0.4 is 10.3 Å². The summed E-state index contributed by atoms with van der Waals surface area (Å²) in [5, 5.41) is 9.89. The van der Waals surface area contributed by atoms with Crippen molar-refractivity contribution in [3.63, 3.8) is 0 Å². The third-order valence-corrected chi connectivity index (χ3v) is 4.58. The molecule has 0 unspecified atom stereocenters. The molecule has 3 rings (SSSR count). The third-order valence-electron chi connectivity index (χ3n) is 4.35. The van der Waals surface area contributed by atoms with Crippen molar-refractivity contribution >= 4 is 22.5 Å². The van der Waals surface area contributed by atoms with E-state index in [0.717, 1.165) is 12.1 Å². The first-order chi connectivity index (χ1) is 13.8. The first kappa shape index (κ1) is 21.2. The summed E-state index contributed by atoms with van der Waals surface area (Å²) in [4.78, 5) is 15.2. The quantitative estimate of drug-likeness (QED) is 0.572. The van der Waals surface area contributed by atoms with Gasteiger partial charge in [-0.15, -0.1) is 0 Å². The molecule has 0 spiro atoms. The van der Waals surface area contributed by atoms with Gasteiger partial charge in [-0.2, -0.15) is 13.2 Å². The molecule has 0 atom stereocenters. The highest BCUT2D eigenvalue weighted by atomic mass is 35.5. The number of aromatic nitrogens is 1. The largest absolute Gasteiger partial charge is 0.467 e. The van der Waals surface area contributed by atoms with E-state index in [2.05, 4.69) is 4.98 Å². The van der Waals surface area contributed by atoms with E-state index in [4.69, 9.17) is 21.1 Å². The van der Waals surface area contributed by atoms with Crippen LogP contribution in [-0.2, 0) is 17.3 Å². The van der Waals surface area contributed by atoms with Crippen LogP contribution in [0.3, 0.4) is 0 Å². The Morgan fingerprint density at radius 3 is 2.59 bits per heavy atom. The van der Waals surface area contributed by atoms with Crippen molar-refractivity contribution in [1.29, 1.82) is 0 Å². The summed E-state index contributed by atoms with van der Waals surface area (Å²) in [6.45, 7) is -0.478. The van der Waals surface area contributed by atoms with Crippen molar-refractivity contribution in [2.24, 2.45) is 0 Å². The summed E-state index contributed by atoms with van der Waals surface area (Å²) < 4.78 is 50.4. The highest BCUT2D eigenvalue weighted by Crippen LogP contribution is 2.40. The van der Waals surface area contributed by atoms with Gasteiger partial charge >= 0.3 is 6.18 Å². The highest BCUT2D eigenvalue weighted by Gasteiger charge is 2.31. The van der Waals surface area contributed by atoms with Crippen LogP contribution in [0.25, 0.3) is 22.0 Å². The Balaban J connectivity index is 2.42. The number of hydrogen-bond acceptors (Lipinski definition) is 4. The van der Waals surface area contributed by atoms with E-state index in [0.29, 0.717) is 10.6 Å². The minimum atomic E-state index is -4.57. The molecule has 0 saturated carbocycles. The number of aliphatic hydroxyl groups excluding tert-OH is 1. The zero-order chi connectivity index (χ0) is 21.2. The third kappa shape index (κ3) is 4.39. The van der Waals surface area contributed by atoms with Crippen LogP contribution in [0.2, 0.25) is 5.02 Å². The Morgan fingerprint density at radius 2 is 1.93 bits per heavy atom. The second-order valence-electron chi connectivity index (χ2n) is 6.23. The molecule has 3 aromatic rings. The number of methoxy groups -OCH3 is 1. The van der Waals surface area contributed by atoms with Gasteiger partial charge in [-0.3, -0.25) is 4.79 Å². The molecule has 0 saturated heterocycles. The predicted molar refractivity (Wildman–Crippen MR) is 103 cm³/mol. The number of halogens is 4. The topological polar surface area (TPSA) is 71.5 Å². The van der Waals surface area contributed by atoms with Crippen LogP contribution >= 0.6 is 11.6 Å². The summed E-state index contributed by atoms with van der Waals surface area (Å²) in [5.74, 6) is 0.278. The number of H-pyrrole nitrogens is 1. The van der Waals surface area contributed by atoms with E-state index >= 15 is 0 Å². The zero-order valence-electron chi connectivity index (χ0n) is 15.3. The second-order valence-corrected chi connectivity index (χ2v) is 6.67. The Bertz CT molecular complexity index is 1100. The Kier molecular flexibility index (Phi) is 6.16. The van der Waals surface area contributed by atoms with Gasteiger partial charge in [0, 0.05) is 52.8 Å². The van der Waals surface area contributed by atoms with E-state index in [-0.39, 0.29) is 47.6 Å². The predicted octanol–water partition coefficient (Wildman–Crippen LogP) is 4.38. The average molecular weight is 428 g/mol. The molecule has 29 heavy (non-hydrogen) atoms. The van der Waals surface area contributed by atoms with Crippen molar-refractivity contribution in [1.82, 2.24) is 4.98 Å². The lowest BCUT2D eigenvalue weighted by Gasteiger charge is -2.17. The molecule has 0 fully saturated rings. The first-order valence-electron chi connectivity index (χ1n) is 8.55. The molecular formula is C20H17ClF3NO4. The maximum absolute atomic E-state index is 13.3. The van der Waals surface area contributed by atoms with E-state index < -0.39 is 17.3 Å². The number of pyridine rings is 1. The molecule has 0 amide bonds. The molecule has 2 N–H and O–H groups in total. The van der Waals surface area contributed by atoms with Crippen molar-refractivity contribution in [3.8, 4) is 16.9 Å². The van der Waals surface area contributed by atoms with Crippen LogP contribution in [0.1, 0.15) is 11.1 Å². The zero-order valence-corrected chi connectivity index (χ0v) is 16.0.